The van der Waals surface area contributed by atoms with Crippen LogP contribution in [-0.2, 0) is 11.3 Å². The van der Waals surface area contributed by atoms with Crippen molar-refractivity contribution in [1.82, 2.24) is 9.78 Å². The van der Waals surface area contributed by atoms with Crippen LogP contribution in [0, 0.1) is 0 Å². The molecule has 7 heteroatoms. The third kappa shape index (κ3) is 3.13. The summed E-state index contributed by atoms with van der Waals surface area (Å²) in [5, 5.41) is 16.0. The van der Waals surface area contributed by atoms with Crippen molar-refractivity contribution in [2.24, 2.45) is 0 Å². The SMILES string of the molecule is CC(C)(C)OC(=O)Nc1cc2n(n1)CC(O)CO2. The molecule has 100 valence electrons. The minimum absolute atomic E-state index is 0.234. The number of rotatable bonds is 1. The molecular weight excluding hydrogens is 238 g/mol. The minimum atomic E-state index is -0.577. The number of aliphatic hydroxyl groups excluding tert-OH is 1. The van der Waals surface area contributed by atoms with E-state index < -0.39 is 17.8 Å². The van der Waals surface area contributed by atoms with Gasteiger partial charge in [0.1, 0.15) is 18.3 Å². The van der Waals surface area contributed by atoms with Gasteiger partial charge in [0.05, 0.1) is 6.54 Å². The van der Waals surface area contributed by atoms with Crippen LogP contribution in [-0.4, -0.2) is 39.3 Å². The van der Waals surface area contributed by atoms with Gasteiger partial charge >= 0.3 is 6.09 Å². The molecule has 2 heterocycles. The Kier molecular flexibility index (Phi) is 3.16. The van der Waals surface area contributed by atoms with E-state index in [0.29, 0.717) is 18.2 Å². The molecule has 2 rings (SSSR count). The first-order chi connectivity index (χ1) is 8.33. The van der Waals surface area contributed by atoms with Crippen molar-refractivity contribution >= 4 is 11.9 Å². The second-order valence-corrected chi connectivity index (χ2v) is 5.14. The van der Waals surface area contributed by atoms with Gasteiger partial charge in [-0.3, -0.25) is 5.32 Å². The summed E-state index contributed by atoms with van der Waals surface area (Å²) in [6, 6.07) is 1.59. The van der Waals surface area contributed by atoms with Gasteiger partial charge in [0.2, 0.25) is 5.88 Å². The Balaban J connectivity index is 2.01. The Hall–Kier alpha value is -1.76. The Morgan fingerprint density at radius 1 is 1.67 bits per heavy atom. The van der Waals surface area contributed by atoms with Gasteiger partial charge < -0.3 is 14.6 Å². The summed E-state index contributed by atoms with van der Waals surface area (Å²) in [4.78, 5) is 11.5. The van der Waals surface area contributed by atoms with Crippen LogP contribution < -0.4 is 10.1 Å². The fourth-order valence-corrected chi connectivity index (χ4v) is 1.55. The quantitative estimate of drug-likeness (QED) is 0.781. The van der Waals surface area contributed by atoms with E-state index in [9.17, 15) is 9.90 Å². The summed E-state index contributed by atoms with van der Waals surface area (Å²) in [7, 11) is 0. The maximum Gasteiger partial charge on any atom is 0.413 e. The maximum absolute atomic E-state index is 11.5. The fraction of sp³-hybridized carbons (Fsp3) is 0.636. The monoisotopic (exact) mass is 255 g/mol. The van der Waals surface area contributed by atoms with Crippen LogP contribution in [0.1, 0.15) is 20.8 Å². The molecule has 0 saturated carbocycles. The molecule has 1 aromatic rings. The van der Waals surface area contributed by atoms with Crippen LogP contribution in [0.15, 0.2) is 6.07 Å². The second-order valence-electron chi connectivity index (χ2n) is 5.14. The molecule has 0 aromatic carbocycles. The lowest BCUT2D eigenvalue weighted by Gasteiger charge is -2.19. The van der Waals surface area contributed by atoms with Crippen molar-refractivity contribution in [1.29, 1.82) is 0 Å². The Morgan fingerprint density at radius 3 is 3.06 bits per heavy atom. The molecule has 0 aliphatic carbocycles. The Labute approximate surface area is 105 Å². The first kappa shape index (κ1) is 12.7. The number of aromatic nitrogens is 2. The third-order valence-corrected chi connectivity index (χ3v) is 2.18. The number of ether oxygens (including phenoxy) is 2. The van der Waals surface area contributed by atoms with Crippen molar-refractivity contribution in [3.63, 3.8) is 0 Å². The molecular formula is C11H17N3O4. The summed E-state index contributed by atoms with van der Waals surface area (Å²) in [5.74, 6) is 0.861. The zero-order valence-corrected chi connectivity index (χ0v) is 10.6. The molecule has 1 unspecified atom stereocenters. The lowest BCUT2D eigenvalue weighted by Crippen LogP contribution is -2.30. The summed E-state index contributed by atoms with van der Waals surface area (Å²) in [6.07, 6.45) is -1.15. The van der Waals surface area contributed by atoms with Crippen LogP contribution in [0.3, 0.4) is 0 Å². The molecule has 1 atom stereocenters. The van der Waals surface area contributed by atoms with Gasteiger partial charge in [-0.1, -0.05) is 0 Å². The predicted octanol–water partition coefficient (Wildman–Crippen LogP) is 0.983. The highest BCUT2D eigenvalue weighted by Crippen LogP contribution is 2.21. The number of anilines is 1. The summed E-state index contributed by atoms with van der Waals surface area (Å²) in [6.45, 7) is 5.93. The number of hydrogen-bond acceptors (Lipinski definition) is 5. The number of fused-ring (bicyclic) bond motifs is 1. The number of amides is 1. The van der Waals surface area contributed by atoms with Gasteiger partial charge in [-0.05, 0) is 20.8 Å². The average molecular weight is 255 g/mol. The van der Waals surface area contributed by atoms with Crippen molar-refractivity contribution in [2.45, 2.75) is 39.0 Å². The van der Waals surface area contributed by atoms with E-state index in [1.54, 1.807) is 26.8 Å². The van der Waals surface area contributed by atoms with Gasteiger partial charge in [-0.15, -0.1) is 0 Å². The molecule has 1 amide bonds. The van der Waals surface area contributed by atoms with Gasteiger partial charge in [-0.25, -0.2) is 9.48 Å². The van der Waals surface area contributed by atoms with E-state index in [1.807, 2.05) is 0 Å². The summed E-state index contributed by atoms with van der Waals surface area (Å²) >= 11 is 0. The number of hydrogen-bond donors (Lipinski definition) is 2. The molecule has 0 radical (unpaired) electrons. The molecule has 0 bridgehead atoms. The van der Waals surface area contributed by atoms with Gasteiger partial charge in [0.25, 0.3) is 0 Å². The number of carbonyl (C=O) groups excluding carboxylic acids is 1. The molecule has 0 saturated heterocycles. The van der Waals surface area contributed by atoms with Crippen molar-refractivity contribution in [3.8, 4) is 5.88 Å². The maximum atomic E-state index is 11.5. The Morgan fingerprint density at radius 2 is 2.39 bits per heavy atom. The Bertz CT molecular complexity index is 450. The first-order valence-electron chi connectivity index (χ1n) is 5.72. The van der Waals surface area contributed by atoms with Crippen LogP contribution in [0.5, 0.6) is 5.88 Å². The lowest BCUT2D eigenvalue weighted by atomic mass is 10.2. The molecule has 0 fully saturated rings. The summed E-state index contributed by atoms with van der Waals surface area (Å²) < 4.78 is 11.9. The first-order valence-corrected chi connectivity index (χ1v) is 5.72. The van der Waals surface area contributed by atoms with E-state index in [-0.39, 0.29) is 6.61 Å². The normalized spacial score (nSPS) is 18.8. The van der Waals surface area contributed by atoms with Crippen molar-refractivity contribution < 1.29 is 19.4 Å². The zero-order valence-electron chi connectivity index (χ0n) is 10.6. The standard InChI is InChI=1S/C11H17N3O4/c1-11(2,3)18-10(16)12-8-4-9-14(13-8)5-7(15)6-17-9/h4,7,15H,5-6H2,1-3H3,(H,12,13,16). The second kappa shape index (κ2) is 4.49. The predicted molar refractivity (Wildman–Crippen MR) is 63.6 cm³/mol. The molecule has 7 nitrogen and oxygen atoms in total. The highest BCUT2D eigenvalue weighted by atomic mass is 16.6. The van der Waals surface area contributed by atoms with E-state index in [1.165, 1.54) is 4.68 Å². The van der Waals surface area contributed by atoms with Crippen LogP contribution in [0.25, 0.3) is 0 Å². The van der Waals surface area contributed by atoms with Gasteiger partial charge in [0.15, 0.2) is 5.82 Å². The van der Waals surface area contributed by atoms with Crippen LogP contribution in [0.2, 0.25) is 0 Å². The van der Waals surface area contributed by atoms with Crippen molar-refractivity contribution in [3.05, 3.63) is 6.07 Å². The fourth-order valence-electron chi connectivity index (χ4n) is 1.55. The van der Waals surface area contributed by atoms with E-state index in [4.69, 9.17) is 9.47 Å². The van der Waals surface area contributed by atoms with Crippen LogP contribution in [0.4, 0.5) is 10.6 Å². The van der Waals surface area contributed by atoms with Crippen LogP contribution >= 0.6 is 0 Å². The number of nitrogens with one attached hydrogen (secondary N) is 1. The van der Waals surface area contributed by atoms with Gasteiger partial charge in [-0.2, -0.15) is 5.10 Å². The highest BCUT2D eigenvalue weighted by molar-refractivity contribution is 5.83. The highest BCUT2D eigenvalue weighted by Gasteiger charge is 2.22. The largest absolute Gasteiger partial charge is 0.475 e. The smallest absolute Gasteiger partial charge is 0.413 e. The van der Waals surface area contributed by atoms with E-state index >= 15 is 0 Å². The molecule has 1 aliphatic rings. The average Bonchev–Trinajstić information content (AvgIpc) is 2.55. The minimum Gasteiger partial charge on any atom is -0.475 e. The van der Waals surface area contributed by atoms with Crippen molar-refractivity contribution in [2.75, 3.05) is 11.9 Å². The molecule has 18 heavy (non-hydrogen) atoms. The number of nitrogens with zero attached hydrogens (tertiary/aromatic N) is 2. The van der Waals surface area contributed by atoms with E-state index in [0.717, 1.165) is 0 Å². The molecule has 2 N–H and O–H groups in total. The number of aliphatic hydroxyl groups is 1. The van der Waals surface area contributed by atoms with Gasteiger partial charge in [0, 0.05) is 6.07 Å². The molecule has 0 spiro atoms. The summed E-state index contributed by atoms with van der Waals surface area (Å²) in [5.41, 5.74) is -0.559. The number of carbonyl (C=O) groups is 1. The molecule has 1 aromatic heterocycles. The third-order valence-electron chi connectivity index (χ3n) is 2.18. The zero-order chi connectivity index (χ0) is 13.3. The molecule has 1 aliphatic heterocycles. The van der Waals surface area contributed by atoms with E-state index in [2.05, 4.69) is 10.4 Å². The topological polar surface area (TPSA) is 85.6 Å². The lowest BCUT2D eigenvalue weighted by molar-refractivity contribution is 0.0558.